The molecule has 0 saturated carbocycles. The van der Waals surface area contributed by atoms with Crippen LogP contribution in [0, 0.1) is 5.82 Å². The third-order valence-electron chi connectivity index (χ3n) is 2.52. The Bertz CT molecular complexity index is 538. The Morgan fingerprint density at radius 1 is 1.47 bits per heavy atom. The van der Waals surface area contributed by atoms with Crippen LogP contribution in [0.15, 0.2) is 18.2 Å². The smallest absolute Gasteiger partial charge is 0.169 e. The van der Waals surface area contributed by atoms with Crippen molar-refractivity contribution in [3.63, 3.8) is 0 Å². The van der Waals surface area contributed by atoms with Crippen molar-refractivity contribution in [2.45, 2.75) is 19.9 Å². The maximum Gasteiger partial charge on any atom is 0.169 e. The predicted octanol–water partition coefficient (Wildman–Crippen LogP) is 2.26. The molecule has 6 heteroatoms. The fraction of sp³-hybridized carbons (Fsp3) is 0.273. The van der Waals surface area contributed by atoms with Gasteiger partial charge in [0.25, 0.3) is 0 Å². The maximum atomic E-state index is 13.3. The fourth-order valence-electron chi connectivity index (χ4n) is 1.65. The molecule has 1 heterocycles. The van der Waals surface area contributed by atoms with Gasteiger partial charge in [0.05, 0.1) is 17.3 Å². The second-order valence-corrected chi connectivity index (χ2v) is 4.09. The second kappa shape index (κ2) is 4.71. The Labute approximate surface area is 103 Å². The van der Waals surface area contributed by atoms with Gasteiger partial charge in [-0.3, -0.25) is 0 Å². The van der Waals surface area contributed by atoms with E-state index in [1.807, 2.05) is 6.92 Å². The van der Waals surface area contributed by atoms with Gasteiger partial charge in [-0.2, -0.15) is 0 Å². The van der Waals surface area contributed by atoms with Crippen molar-refractivity contribution < 1.29 is 4.39 Å². The van der Waals surface area contributed by atoms with Gasteiger partial charge in [0.1, 0.15) is 5.82 Å². The summed E-state index contributed by atoms with van der Waals surface area (Å²) in [5, 5.41) is 7.83. The molecule has 0 aliphatic carbocycles. The van der Waals surface area contributed by atoms with Gasteiger partial charge in [-0.05, 0) is 24.1 Å². The monoisotopic (exact) mass is 254 g/mol. The predicted molar refractivity (Wildman–Crippen MR) is 64.3 cm³/mol. The van der Waals surface area contributed by atoms with Crippen LogP contribution in [0.4, 0.5) is 10.2 Å². The van der Waals surface area contributed by atoms with Gasteiger partial charge in [0.15, 0.2) is 5.82 Å². The number of nitrogen functional groups attached to an aromatic ring is 1. The third-order valence-corrected chi connectivity index (χ3v) is 2.83. The molecular formula is C11H12ClFN4. The van der Waals surface area contributed by atoms with Gasteiger partial charge in [-0.15, -0.1) is 5.10 Å². The van der Waals surface area contributed by atoms with E-state index in [2.05, 4.69) is 10.3 Å². The number of benzene rings is 1. The van der Waals surface area contributed by atoms with E-state index in [9.17, 15) is 4.39 Å². The van der Waals surface area contributed by atoms with E-state index in [4.69, 9.17) is 17.3 Å². The lowest BCUT2D eigenvalue weighted by atomic mass is 10.2. The molecule has 2 rings (SSSR count). The summed E-state index contributed by atoms with van der Waals surface area (Å²) in [7, 11) is 0. The highest BCUT2D eigenvalue weighted by molar-refractivity contribution is 6.30. The Hall–Kier alpha value is -1.62. The fourth-order valence-corrected chi connectivity index (χ4v) is 1.77. The summed E-state index contributed by atoms with van der Waals surface area (Å²) in [6.45, 7) is 2.40. The molecule has 0 radical (unpaired) electrons. The average molecular weight is 255 g/mol. The van der Waals surface area contributed by atoms with Crippen LogP contribution >= 0.6 is 11.6 Å². The lowest BCUT2D eigenvalue weighted by Crippen LogP contribution is -2.07. The van der Waals surface area contributed by atoms with Gasteiger partial charge in [0.2, 0.25) is 0 Å². The molecule has 0 atom stereocenters. The minimum absolute atomic E-state index is 0.113. The van der Waals surface area contributed by atoms with E-state index >= 15 is 0 Å². The first-order chi connectivity index (χ1) is 8.11. The molecule has 2 aromatic rings. The topological polar surface area (TPSA) is 56.7 Å². The van der Waals surface area contributed by atoms with Crippen molar-refractivity contribution in [2.75, 3.05) is 5.73 Å². The average Bonchev–Trinajstić information content (AvgIpc) is 2.64. The van der Waals surface area contributed by atoms with Crippen molar-refractivity contribution in [1.82, 2.24) is 15.0 Å². The van der Waals surface area contributed by atoms with Gasteiger partial charge < -0.3 is 5.73 Å². The molecule has 0 amide bonds. The summed E-state index contributed by atoms with van der Waals surface area (Å²) in [4.78, 5) is 0. The Morgan fingerprint density at radius 3 is 2.88 bits per heavy atom. The van der Waals surface area contributed by atoms with Crippen molar-refractivity contribution in [1.29, 1.82) is 0 Å². The van der Waals surface area contributed by atoms with Crippen LogP contribution in [0.3, 0.4) is 0 Å². The zero-order valence-corrected chi connectivity index (χ0v) is 10.1. The summed E-state index contributed by atoms with van der Waals surface area (Å²) in [6, 6.07) is 4.67. The van der Waals surface area contributed by atoms with Crippen LogP contribution in [0.5, 0.6) is 0 Å². The van der Waals surface area contributed by atoms with Crippen LogP contribution in [0.25, 0.3) is 0 Å². The van der Waals surface area contributed by atoms with Crippen LogP contribution in [-0.2, 0) is 13.0 Å². The zero-order valence-electron chi connectivity index (χ0n) is 9.32. The number of aromatic nitrogens is 3. The van der Waals surface area contributed by atoms with E-state index in [0.29, 0.717) is 12.4 Å². The first kappa shape index (κ1) is 11.9. The van der Waals surface area contributed by atoms with E-state index in [1.54, 1.807) is 10.7 Å². The van der Waals surface area contributed by atoms with Gasteiger partial charge in [-0.25, -0.2) is 9.07 Å². The standard InChI is InChI=1S/C11H12ClFN4/c1-2-10-11(14)15-16-17(10)6-7-3-4-8(12)9(13)5-7/h3-5H,2,6,14H2,1H3. The number of halogens is 2. The number of nitrogens with two attached hydrogens (primary N) is 1. The van der Waals surface area contributed by atoms with E-state index in [0.717, 1.165) is 17.7 Å². The van der Waals surface area contributed by atoms with Gasteiger partial charge >= 0.3 is 0 Å². The van der Waals surface area contributed by atoms with E-state index in [1.165, 1.54) is 12.1 Å². The largest absolute Gasteiger partial charge is 0.381 e. The molecular weight excluding hydrogens is 243 g/mol. The van der Waals surface area contributed by atoms with Crippen molar-refractivity contribution in [2.24, 2.45) is 0 Å². The number of hydrogen-bond acceptors (Lipinski definition) is 3. The zero-order chi connectivity index (χ0) is 12.4. The van der Waals surface area contributed by atoms with Crippen molar-refractivity contribution in [3.8, 4) is 0 Å². The van der Waals surface area contributed by atoms with Gasteiger partial charge in [0, 0.05) is 0 Å². The van der Waals surface area contributed by atoms with Crippen molar-refractivity contribution in [3.05, 3.63) is 40.3 Å². The molecule has 0 aliphatic heterocycles. The Balaban J connectivity index is 2.28. The first-order valence-corrected chi connectivity index (χ1v) is 5.61. The number of nitrogens with zero attached hydrogens (tertiary/aromatic N) is 3. The lowest BCUT2D eigenvalue weighted by Gasteiger charge is -2.05. The summed E-state index contributed by atoms with van der Waals surface area (Å²) in [6.07, 6.45) is 0.731. The summed E-state index contributed by atoms with van der Waals surface area (Å²) in [5.41, 5.74) is 7.29. The quantitative estimate of drug-likeness (QED) is 0.914. The molecule has 1 aromatic carbocycles. The van der Waals surface area contributed by atoms with Crippen LogP contribution < -0.4 is 5.73 Å². The summed E-state index contributed by atoms with van der Waals surface area (Å²) in [5.74, 6) is -0.0164. The van der Waals surface area contributed by atoms with Crippen LogP contribution in [-0.4, -0.2) is 15.0 Å². The SMILES string of the molecule is CCc1c(N)nnn1Cc1ccc(Cl)c(F)c1. The number of anilines is 1. The van der Waals surface area contributed by atoms with Crippen LogP contribution in [0.1, 0.15) is 18.2 Å². The second-order valence-electron chi connectivity index (χ2n) is 3.68. The third kappa shape index (κ3) is 2.39. The van der Waals surface area contributed by atoms with E-state index in [-0.39, 0.29) is 5.02 Å². The minimum Gasteiger partial charge on any atom is -0.381 e. The van der Waals surface area contributed by atoms with Crippen LogP contribution in [0.2, 0.25) is 5.02 Å². The molecule has 4 nitrogen and oxygen atoms in total. The summed E-state index contributed by atoms with van der Waals surface area (Å²) < 4.78 is 14.9. The number of rotatable bonds is 3. The highest BCUT2D eigenvalue weighted by atomic mass is 35.5. The molecule has 2 N–H and O–H groups in total. The number of hydrogen-bond donors (Lipinski definition) is 1. The molecule has 0 fully saturated rings. The maximum absolute atomic E-state index is 13.3. The normalized spacial score (nSPS) is 10.8. The molecule has 0 bridgehead atoms. The molecule has 0 aliphatic rings. The highest BCUT2D eigenvalue weighted by Crippen LogP contribution is 2.17. The van der Waals surface area contributed by atoms with E-state index < -0.39 is 5.82 Å². The molecule has 0 spiro atoms. The molecule has 1 aromatic heterocycles. The molecule has 17 heavy (non-hydrogen) atoms. The molecule has 0 saturated heterocycles. The first-order valence-electron chi connectivity index (χ1n) is 5.23. The summed E-state index contributed by atoms with van der Waals surface area (Å²) >= 11 is 5.62. The molecule has 90 valence electrons. The van der Waals surface area contributed by atoms with Crippen molar-refractivity contribution >= 4 is 17.4 Å². The molecule has 0 unspecified atom stereocenters. The Morgan fingerprint density at radius 2 is 2.24 bits per heavy atom. The highest BCUT2D eigenvalue weighted by Gasteiger charge is 2.09. The van der Waals surface area contributed by atoms with Gasteiger partial charge in [-0.1, -0.05) is 29.8 Å². The lowest BCUT2D eigenvalue weighted by molar-refractivity contribution is 0.604. The Kier molecular flexibility index (Phi) is 3.28. The minimum atomic E-state index is -0.435.